The fraction of sp³-hybridized carbons (Fsp3) is 0.333. The molecule has 2 heteroatoms. The van der Waals surface area contributed by atoms with Crippen LogP contribution in [-0.2, 0) is 6.42 Å². The standard InChI is InChI=1S/C18H20ClF/c1-13(2)15-5-3-14(4-6-15)11-17(12-19)16-7-9-18(20)10-8-16/h3-10,13,17H,11-12H2,1-2H3. The second-order valence-corrected chi connectivity index (χ2v) is 5.81. The van der Waals surface area contributed by atoms with Crippen LogP contribution in [0, 0.1) is 5.82 Å². The van der Waals surface area contributed by atoms with Gasteiger partial charge in [-0.25, -0.2) is 4.39 Å². The summed E-state index contributed by atoms with van der Waals surface area (Å²) in [6, 6.07) is 15.3. The van der Waals surface area contributed by atoms with Crippen LogP contribution in [0.4, 0.5) is 4.39 Å². The van der Waals surface area contributed by atoms with Gasteiger partial charge in [0.2, 0.25) is 0 Å². The quantitative estimate of drug-likeness (QED) is 0.637. The monoisotopic (exact) mass is 290 g/mol. The van der Waals surface area contributed by atoms with Gasteiger partial charge in [-0.05, 0) is 41.2 Å². The Kier molecular flexibility index (Phi) is 5.19. The predicted molar refractivity (Wildman–Crippen MR) is 84.1 cm³/mol. The lowest BCUT2D eigenvalue weighted by Gasteiger charge is -2.15. The molecule has 0 heterocycles. The van der Waals surface area contributed by atoms with Crippen molar-refractivity contribution in [2.75, 3.05) is 5.88 Å². The second kappa shape index (κ2) is 6.90. The van der Waals surface area contributed by atoms with Gasteiger partial charge >= 0.3 is 0 Å². The molecule has 0 nitrogen and oxygen atoms in total. The van der Waals surface area contributed by atoms with E-state index in [9.17, 15) is 4.39 Å². The van der Waals surface area contributed by atoms with Crippen LogP contribution >= 0.6 is 11.6 Å². The van der Waals surface area contributed by atoms with Crippen molar-refractivity contribution in [2.45, 2.75) is 32.1 Å². The molecule has 0 aliphatic carbocycles. The van der Waals surface area contributed by atoms with Crippen molar-refractivity contribution in [3.05, 3.63) is 71.0 Å². The lowest BCUT2D eigenvalue weighted by atomic mass is 9.92. The highest BCUT2D eigenvalue weighted by Crippen LogP contribution is 2.24. The lowest BCUT2D eigenvalue weighted by molar-refractivity contribution is 0.625. The van der Waals surface area contributed by atoms with Crippen LogP contribution in [0.1, 0.15) is 42.4 Å². The normalized spacial score (nSPS) is 12.7. The maximum Gasteiger partial charge on any atom is 0.123 e. The Hall–Kier alpha value is -1.34. The average Bonchev–Trinajstić information content (AvgIpc) is 2.46. The van der Waals surface area contributed by atoms with Crippen LogP contribution in [0.2, 0.25) is 0 Å². The minimum Gasteiger partial charge on any atom is -0.207 e. The number of hydrogen-bond donors (Lipinski definition) is 0. The summed E-state index contributed by atoms with van der Waals surface area (Å²) in [4.78, 5) is 0. The van der Waals surface area contributed by atoms with Crippen LogP contribution in [0.15, 0.2) is 48.5 Å². The van der Waals surface area contributed by atoms with Crippen molar-refractivity contribution in [3.63, 3.8) is 0 Å². The van der Waals surface area contributed by atoms with E-state index in [-0.39, 0.29) is 11.7 Å². The van der Waals surface area contributed by atoms with Crippen molar-refractivity contribution in [1.82, 2.24) is 0 Å². The minimum atomic E-state index is -0.205. The maximum atomic E-state index is 13.0. The summed E-state index contributed by atoms with van der Waals surface area (Å²) in [6.07, 6.45) is 0.882. The summed E-state index contributed by atoms with van der Waals surface area (Å²) in [6.45, 7) is 4.38. The molecule has 2 aromatic rings. The molecule has 0 fully saturated rings. The Bertz CT molecular complexity index is 528. The Morgan fingerprint density at radius 1 is 0.900 bits per heavy atom. The van der Waals surface area contributed by atoms with E-state index in [0.717, 1.165) is 12.0 Å². The molecule has 20 heavy (non-hydrogen) atoms. The van der Waals surface area contributed by atoms with Gasteiger partial charge in [-0.15, -0.1) is 11.6 Å². The van der Waals surface area contributed by atoms with E-state index in [1.165, 1.54) is 23.3 Å². The molecule has 2 aromatic carbocycles. The van der Waals surface area contributed by atoms with Gasteiger partial charge in [0.15, 0.2) is 0 Å². The highest BCUT2D eigenvalue weighted by atomic mass is 35.5. The Morgan fingerprint density at radius 2 is 1.45 bits per heavy atom. The molecule has 1 unspecified atom stereocenters. The largest absolute Gasteiger partial charge is 0.207 e. The third kappa shape index (κ3) is 3.83. The maximum absolute atomic E-state index is 13.0. The van der Waals surface area contributed by atoms with E-state index in [0.29, 0.717) is 11.8 Å². The summed E-state index contributed by atoms with van der Waals surface area (Å²) in [7, 11) is 0. The smallest absolute Gasteiger partial charge is 0.123 e. The van der Waals surface area contributed by atoms with Gasteiger partial charge in [0.1, 0.15) is 5.82 Å². The zero-order valence-corrected chi connectivity index (χ0v) is 12.7. The van der Waals surface area contributed by atoms with Gasteiger partial charge in [-0.3, -0.25) is 0 Å². The first-order valence-electron chi connectivity index (χ1n) is 7.00. The zero-order chi connectivity index (χ0) is 14.5. The van der Waals surface area contributed by atoms with Crippen LogP contribution in [0.5, 0.6) is 0 Å². The van der Waals surface area contributed by atoms with Crippen LogP contribution in [0.3, 0.4) is 0 Å². The van der Waals surface area contributed by atoms with E-state index in [1.54, 1.807) is 0 Å². The van der Waals surface area contributed by atoms with Gasteiger partial charge in [0.05, 0.1) is 0 Å². The van der Waals surface area contributed by atoms with E-state index in [4.69, 9.17) is 11.6 Å². The Balaban J connectivity index is 2.11. The molecule has 0 N–H and O–H groups in total. The summed E-state index contributed by atoms with van der Waals surface area (Å²) in [5.74, 6) is 1.10. The van der Waals surface area contributed by atoms with Crippen LogP contribution in [0.25, 0.3) is 0 Å². The number of benzene rings is 2. The summed E-state index contributed by atoms with van der Waals surface area (Å²) in [5.41, 5.74) is 3.71. The molecule has 2 rings (SSSR count). The summed E-state index contributed by atoms with van der Waals surface area (Å²) < 4.78 is 13.0. The SMILES string of the molecule is CC(C)c1ccc(CC(CCl)c2ccc(F)cc2)cc1. The highest BCUT2D eigenvalue weighted by Gasteiger charge is 2.11. The molecular formula is C18H20ClF. The molecule has 0 spiro atoms. The van der Waals surface area contributed by atoms with E-state index in [2.05, 4.69) is 38.1 Å². The minimum absolute atomic E-state index is 0.205. The first-order chi connectivity index (χ1) is 9.60. The fourth-order valence-corrected chi connectivity index (χ4v) is 2.61. The average molecular weight is 291 g/mol. The zero-order valence-electron chi connectivity index (χ0n) is 11.9. The third-order valence-corrected chi connectivity index (χ3v) is 4.03. The number of alkyl halides is 1. The van der Waals surface area contributed by atoms with Gasteiger partial charge in [-0.2, -0.15) is 0 Å². The van der Waals surface area contributed by atoms with Crippen molar-refractivity contribution >= 4 is 11.6 Å². The molecule has 0 bridgehead atoms. The van der Waals surface area contributed by atoms with E-state index in [1.807, 2.05) is 12.1 Å². The molecule has 0 aliphatic rings. The van der Waals surface area contributed by atoms with E-state index < -0.39 is 0 Å². The Labute approximate surface area is 125 Å². The first-order valence-corrected chi connectivity index (χ1v) is 7.54. The second-order valence-electron chi connectivity index (χ2n) is 5.50. The molecule has 0 radical (unpaired) electrons. The number of hydrogen-bond acceptors (Lipinski definition) is 0. The lowest BCUT2D eigenvalue weighted by Crippen LogP contribution is -2.05. The topological polar surface area (TPSA) is 0 Å². The highest BCUT2D eigenvalue weighted by molar-refractivity contribution is 6.18. The molecule has 106 valence electrons. The predicted octanol–water partition coefficient (Wildman–Crippen LogP) is 5.51. The molecule has 0 aliphatic heterocycles. The van der Waals surface area contributed by atoms with Crippen LogP contribution < -0.4 is 0 Å². The van der Waals surface area contributed by atoms with Gasteiger partial charge in [0.25, 0.3) is 0 Å². The van der Waals surface area contributed by atoms with Gasteiger partial charge in [-0.1, -0.05) is 50.2 Å². The fourth-order valence-electron chi connectivity index (χ4n) is 2.32. The number of halogens is 2. The van der Waals surface area contributed by atoms with Gasteiger partial charge < -0.3 is 0 Å². The molecule has 1 atom stereocenters. The Morgan fingerprint density at radius 3 is 1.95 bits per heavy atom. The molecular weight excluding hydrogens is 271 g/mol. The van der Waals surface area contributed by atoms with Crippen molar-refractivity contribution in [1.29, 1.82) is 0 Å². The molecule has 0 amide bonds. The summed E-state index contributed by atoms with van der Waals surface area (Å²) >= 11 is 6.08. The van der Waals surface area contributed by atoms with E-state index >= 15 is 0 Å². The third-order valence-electron chi connectivity index (χ3n) is 3.66. The van der Waals surface area contributed by atoms with Crippen molar-refractivity contribution < 1.29 is 4.39 Å². The van der Waals surface area contributed by atoms with Crippen molar-refractivity contribution in [2.24, 2.45) is 0 Å². The molecule has 0 saturated heterocycles. The van der Waals surface area contributed by atoms with Crippen molar-refractivity contribution in [3.8, 4) is 0 Å². The summed E-state index contributed by atoms with van der Waals surface area (Å²) in [5, 5.41) is 0. The first kappa shape index (κ1) is 15.1. The van der Waals surface area contributed by atoms with Crippen LogP contribution in [-0.4, -0.2) is 5.88 Å². The van der Waals surface area contributed by atoms with Gasteiger partial charge in [0, 0.05) is 11.8 Å². The molecule has 0 aromatic heterocycles. The number of rotatable bonds is 5. The molecule has 0 saturated carbocycles.